The Morgan fingerprint density at radius 3 is 2.35 bits per heavy atom. The Morgan fingerprint density at radius 1 is 1.35 bits per heavy atom. The number of halogens is 1. The van der Waals surface area contributed by atoms with Gasteiger partial charge in [-0.3, -0.25) is 0 Å². The Balaban J connectivity index is 2.97. The molecule has 1 radical (unpaired) electrons. The fourth-order valence-electron chi connectivity index (χ4n) is 1.44. The Morgan fingerprint density at radius 2 is 1.94 bits per heavy atom. The molecule has 0 aliphatic carbocycles. The molecule has 0 saturated heterocycles. The van der Waals surface area contributed by atoms with Crippen LogP contribution in [0.25, 0.3) is 5.57 Å². The molecule has 0 bridgehead atoms. The molecule has 0 saturated carbocycles. The van der Waals surface area contributed by atoms with Gasteiger partial charge in [-0.1, -0.05) is 0 Å². The normalized spacial score (nSPS) is 13.0. The summed E-state index contributed by atoms with van der Waals surface area (Å²) >= 11 is 0. The van der Waals surface area contributed by atoms with E-state index < -0.39 is 6.30 Å². The first kappa shape index (κ1) is 13.5. The minimum absolute atomic E-state index is 0.648. The molecule has 0 heterocycles. The van der Waals surface area contributed by atoms with Crippen LogP contribution >= 0.6 is 0 Å². The second-order valence-corrected chi connectivity index (χ2v) is 3.85. The van der Waals surface area contributed by atoms with Crippen LogP contribution in [0.1, 0.15) is 19.4 Å². The van der Waals surface area contributed by atoms with Gasteiger partial charge in [0, 0.05) is 0 Å². The van der Waals surface area contributed by atoms with E-state index in [1.54, 1.807) is 13.1 Å². The average Bonchev–Trinajstić information content (AvgIpc) is 2.29. The summed E-state index contributed by atoms with van der Waals surface area (Å²) < 4.78 is 12.7. The maximum absolute atomic E-state index is 12.7. The van der Waals surface area contributed by atoms with Gasteiger partial charge >= 0.3 is 102 Å². The molecule has 0 amide bonds. The molecule has 17 heavy (non-hydrogen) atoms. The van der Waals surface area contributed by atoms with Crippen molar-refractivity contribution >= 4 is 24.2 Å². The summed E-state index contributed by atoms with van der Waals surface area (Å²) in [5.41, 5.74) is 3.43. The Kier molecular flexibility index (Phi) is 4.95. The first-order valence-corrected chi connectivity index (χ1v) is 5.52. The third-order valence-corrected chi connectivity index (χ3v) is 2.37. The third kappa shape index (κ3) is 4.06. The predicted octanol–water partition coefficient (Wildman–Crippen LogP) is 2.34. The topological polar surface area (TPSA) is 24.1 Å². The molecule has 1 rings (SSSR count). The van der Waals surface area contributed by atoms with Gasteiger partial charge in [0.05, 0.1) is 0 Å². The average molecular weight is 231 g/mol. The quantitative estimate of drug-likeness (QED) is 0.600. The number of alkyl halides is 1. The maximum atomic E-state index is 12.7. The molecule has 0 spiro atoms. The molecule has 0 aliphatic rings. The van der Waals surface area contributed by atoms with Crippen molar-refractivity contribution < 1.29 is 4.39 Å². The van der Waals surface area contributed by atoms with Gasteiger partial charge in [0.25, 0.3) is 0 Å². The van der Waals surface area contributed by atoms with E-state index in [0.29, 0.717) is 5.46 Å². The molecule has 0 aliphatic heterocycles. The summed E-state index contributed by atoms with van der Waals surface area (Å²) in [5, 5.41) is 5.65. The van der Waals surface area contributed by atoms with Gasteiger partial charge in [0.1, 0.15) is 0 Å². The number of rotatable bonds is 5. The number of benzene rings is 1. The van der Waals surface area contributed by atoms with Gasteiger partial charge in [0.2, 0.25) is 0 Å². The molecule has 1 aromatic rings. The monoisotopic (exact) mass is 231 g/mol. The van der Waals surface area contributed by atoms with Gasteiger partial charge in [-0.2, -0.15) is 0 Å². The summed E-state index contributed by atoms with van der Waals surface area (Å²) in [6, 6.07) is 7.78. The summed E-state index contributed by atoms with van der Waals surface area (Å²) in [6.07, 6.45) is 0.509. The third-order valence-electron chi connectivity index (χ3n) is 2.37. The van der Waals surface area contributed by atoms with Crippen molar-refractivity contribution in [1.29, 1.82) is 0 Å². The molecule has 4 heteroatoms. The Hall–Kier alpha value is -1.58. The van der Waals surface area contributed by atoms with Crippen molar-refractivity contribution in [3.05, 3.63) is 36.0 Å². The van der Waals surface area contributed by atoms with Crippen LogP contribution in [0.5, 0.6) is 0 Å². The number of hydrogen-bond donors (Lipinski definition) is 2. The Bertz CT molecular complexity index is 410. The van der Waals surface area contributed by atoms with Crippen LogP contribution in [-0.4, -0.2) is 26.3 Å². The molecule has 89 valence electrons. The van der Waals surface area contributed by atoms with Gasteiger partial charge in [-0.15, -0.1) is 0 Å². The van der Waals surface area contributed by atoms with E-state index in [1.165, 1.54) is 6.92 Å². The minimum atomic E-state index is -1.10. The van der Waals surface area contributed by atoms with Crippen LogP contribution in [0.4, 0.5) is 10.1 Å². The van der Waals surface area contributed by atoms with Crippen molar-refractivity contribution in [3.8, 4) is 0 Å². The summed E-state index contributed by atoms with van der Waals surface area (Å²) in [6.45, 7) is 3.23. The molecule has 1 atom stereocenters. The van der Waals surface area contributed by atoms with E-state index in [9.17, 15) is 4.39 Å². The van der Waals surface area contributed by atoms with Crippen LogP contribution in [0.2, 0.25) is 0 Å². The number of nitrogens with one attached hydrogen (secondary N) is 2. The van der Waals surface area contributed by atoms with Crippen LogP contribution in [0.15, 0.2) is 30.5 Å². The van der Waals surface area contributed by atoms with E-state index in [1.807, 2.05) is 31.3 Å². The molecule has 1 unspecified atom stereocenters. The zero-order valence-corrected chi connectivity index (χ0v) is 10.4. The van der Waals surface area contributed by atoms with Crippen LogP contribution in [0, 0.1) is 0 Å². The summed E-state index contributed by atoms with van der Waals surface area (Å²) in [7, 11) is 7.66. The number of anilines is 1. The zero-order chi connectivity index (χ0) is 12.8. The Labute approximate surface area is 103 Å². The van der Waals surface area contributed by atoms with Crippen molar-refractivity contribution in [2.75, 3.05) is 12.4 Å². The molecule has 1 aromatic carbocycles. The predicted molar refractivity (Wildman–Crippen MR) is 74.1 cm³/mol. The molecule has 0 aromatic heterocycles. The second kappa shape index (κ2) is 6.23. The van der Waals surface area contributed by atoms with Gasteiger partial charge in [0.15, 0.2) is 0 Å². The zero-order valence-electron chi connectivity index (χ0n) is 10.4. The molecular weight excluding hydrogens is 214 g/mol. The number of allylic oxidation sites excluding steroid dienone is 1. The summed E-state index contributed by atoms with van der Waals surface area (Å²) in [5.74, 6) is 0. The first-order valence-electron chi connectivity index (χ1n) is 5.52. The fourth-order valence-corrected chi connectivity index (χ4v) is 1.44. The van der Waals surface area contributed by atoms with E-state index >= 15 is 0 Å². The fraction of sp³-hybridized carbons (Fsp3) is 0.308. The second-order valence-electron chi connectivity index (χ2n) is 3.85. The van der Waals surface area contributed by atoms with E-state index in [0.717, 1.165) is 16.8 Å². The van der Waals surface area contributed by atoms with Crippen molar-refractivity contribution in [1.82, 2.24) is 5.32 Å². The molecule has 0 fully saturated rings. The first-order chi connectivity index (χ1) is 8.04. The van der Waals surface area contributed by atoms with E-state index in [4.69, 9.17) is 7.49 Å². The SMILES string of the molecule is [B]=C(C)/C(=C\NC(C)F)c1ccc(NC)cc1. The van der Waals surface area contributed by atoms with E-state index in [-0.39, 0.29) is 0 Å². The van der Waals surface area contributed by atoms with Crippen molar-refractivity contribution in [2.45, 2.75) is 20.1 Å². The molecule has 2 N–H and O–H groups in total. The molecule has 2 nitrogen and oxygen atoms in total. The summed E-state index contributed by atoms with van der Waals surface area (Å²) in [4.78, 5) is 0. The van der Waals surface area contributed by atoms with Gasteiger partial charge < -0.3 is 0 Å². The molecular formula is C13H17BFN2. The standard InChI is InChI=1S/C13H17BFN2/c1-9(14)13(8-17-10(2)15)11-4-6-12(16-3)7-5-11/h4-8,10,16-17H,1-3H3/b13-8+. The van der Waals surface area contributed by atoms with Gasteiger partial charge in [-0.05, 0) is 0 Å². The van der Waals surface area contributed by atoms with Crippen LogP contribution < -0.4 is 10.6 Å². The van der Waals surface area contributed by atoms with Gasteiger partial charge in [-0.25, -0.2) is 0 Å². The van der Waals surface area contributed by atoms with E-state index in [2.05, 4.69) is 10.6 Å². The van der Waals surface area contributed by atoms with Crippen LogP contribution in [0.3, 0.4) is 0 Å². The van der Waals surface area contributed by atoms with Crippen molar-refractivity contribution in [2.24, 2.45) is 0 Å². The number of hydrogen-bond acceptors (Lipinski definition) is 2. The van der Waals surface area contributed by atoms with Crippen LogP contribution in [-0.2, 0) is 0 Å². The van der Waals surface area contributed by atoms with Crippen molar-refractivity contribution in [3.63, 3.8) is 0 Å².